The van der Waals surface area contributed by atoms with Crippen molar-refractivity contribution in [2.45, 2.75) is 13.3 Å². The predicted molar refractivity (Wildman–Crippen MR) is 67.0 cm³/mol. The van der Waals surface area contributed by atoms with Crippen LogP contribution in [0.3, 0.4) is 0 Å². The Morgan fingerprint density at radius 3 is 2.94 bits per heavy atom. The highest BCUT2D eigenvalue weighted by molar-refractivity contribution is 5.99. The minimum Gasteiger partial charge on any atom is -0.382 e. The Morgan fingerprint density at radius 1 is 1.61 bits per heavy atom. The molecule has 0 bridgehead atoms. The summed E-state index contributed by atoms with van der Waals surface area (Å²) in [5.41, 5.74) is 6.69. The lowest BCUT2D eigenvalue weighted by molar-refractivity contribution is 0.0954. The Morgan fingerprint density at radius 2 is 2.39 bits per heavy atom. The zero-order valence-corrected chi connectivity index (χ0v) is 10.4. The van der Waals surface area contributed by atoms with Crippen molar-refractivity contribution in [3.8, 4) is 0 Å². The first kappa shape index (κ1) is 12.2. The highest BCUT2D eigenvalue weighted by Crippen LogP contribution is 2.11. The van der Waals surface area contributed by atoms with E-state index in [4.69, 9.17) is 5.73 Å². The first-order valence-electron chi connectivity index (χ1n) is 5.64. The van der Waals surface area contributed by atoms with E-state index in [0.717, 1.165) is 5.82 Å². The molecule has 96 valence electrons. The summed E-state index contributed by atoms with van der Waals surface area (Å²) in [6, 6.07) is 0. The second kappa shape index (κ2) is 4.91. The maximum absolute atomic E-state index is 11.9. The molecule has 0 fully saturated rings. The van der Waals surface area contributed by atoms with Gasteiger partial charge in [0.05, 0.1) is 0 Å². The summed E-state index contributed by atoms with van der Waals surface area (Å²) >= 11 is 0. The van der Waals surface area contributed by atoms with E-state index < -0.39 is 0 Å². The Hall–Kier alpha value is -2.31. The standard InChI is InChI=1S/C11H16N6O/c1-7-9(10(12)16-15-7)11(18)14-4-3-8-13-5-6-17(8)2/h5-6H,3-4H2,1-2H3,(H,14,18)(H3,12,15,16). The molecule has 2 heterocycles. The van der Waals surface area contributed by atoms with Crippen molar-refractivity contribution >= 4 is 11.7 Å². The fourth-order valence-electron chi connectivity index (χ4n) is 1.75. The molecule has 2 aromatic heterocycles. The first-order chi connectivity index (χ1) is 8.59. The quantitative estimate of drug-likeness (QED) is 0.709. The number of nitrogen functional groups attached to an aromatic ring is 1. The third kappa shape index (κ3) is 2.34. The van der Waals surface area contributed by atoms with Gasteiger partial charge in [-0.2, -0.15) is 5.10 Å². The molecule has 0 radical (unpaired) electrons. The van der Waals surface area contributed by atoms with Crippen LogP contribution in [0.4, 0.5) is 5.82 Å². The summed E-state index contributed by atoms with van der Waals surface area (Å²) in [6.45, 7) is 2.27. The fraction of sp³-hybridized carbons (Fsp3) is 0.364. The van der Waals surface area contributed by atoms with Crippen LogP contribution in [0.2, 0.25) is 0 Å². The summed E-state index contributed by atoms with van der Waals surface area (Å²) in [5, 5.41) is 9.26. The molecule has 0 aliphatic heterocycles. The van der Waals surface area contributed by atoms with Gasteiger partial charge >= 0.3 is 0 Å². The largest absolute Gasteiger partial charge is 0.382 e. The normalized spacial score (nSPS) is 10.6. The number of imidazole rings is 1. The van der Waals surface area contributed by atoms with E-state index >= 15 is 0 Å². The molecule has 18 heavy (non-hydrogen) atoms. The van der Waals surface area contributed by atoms with Crippen LogP contribution in [0.1, 0.15) is 21.9 Å². The number of hydrogen-bond donors (Lipinski definition) is 3. The van der Waals surface area contributed by atoms with Crippen LogP contribution in [0, 0.1) is 6.92 Å². The lowest BCUT2D eigenvalue weighted by Gasteiger charge is -2.05. The minimum atomic E-state index is -0.215. The number of nitrogens with one attached hydrogen (secondary N) is 2. The molecule has 0 saturated carbocycles. The lowest BCUT2D eigenvalue weighted by Crippen LogP contribution is -2.27. The Bertz CT molecular complexity index is 536. The smallest absolute Gasteiger partial charge is 0.256 e. The van der Waals surface area contributed by atoms with Crippen LogP contribution >= 0.6 is 0 Å². The van der Waals surface area contributed by atoms with Crippen LogP contribution in [0.15, 0.2) is 12.4 Å². The van der Waals surface area contributed by atoms with Gasteiger partial charge in [-0.15, -0.1) is 0 Å². The van der Waals surface area contributed by atoms with Crippen molar-refractivity contribution in [3.63, 3.8) is 0 Å². The number of H-pyrrole nitrogens is 1. The van der Waals surface area contributed by atoms with Gasteiger partial charge in [-0.25, -0.2) is 4.98 Å². The number of aromatic amines is 1. The third-order valence-electron chi connectivity index (χ3n) is 2.76. The number of aryl methyl sites for hydroxylation is 2. The summed E-state index contributed by atoms with van der Waals surface area (Å²) in [7, 11) is 1.92. The van der Waals surface area contributed by atoms with Gasteiger partial charge in [0.2, 0.25) is 0 Å². The first-order valence-corrected chi connectivity index (χ1v) is 5.64. The monoisotopic (exact) mass is 248 g/mol. The van der Waals surface area contributed by atoms with Crippen LogP contribution < -0.4 is 11.1 Å². The molecule has 0 aliphatic carbocycles. The molecule has 7 nitrogen and oxygen atoms in total. The maximum Gasteiger partial charge on any atom is 0.256 e. The van der Waals surface area contributed by atoms with Gasteiger partial charge < -0.3 is 15.6 Å². The molecule has 2 aromatic rings. The number of amides is 1. The van der Waals surface area contributed by atoms with Gasteiger partial charge in [0, 0.05) is 38.1 Å². The third-order valence-corrected chi connectivity index (χ3v) is 2.76. The van der Waals surface area contributed by atoms with Gasteiger partial charge in [0.15, 0.2) is 5.82 Å². The zero-order chi connectivity index (χ0) is 13.1. The minimum absolute atomic E-state index is 0.215. The molecule has 0 atom stereocenters. The van der Waals surface area contributed by atoms with Crippen LogP contribution in [0.5, 0.6) is 0 Å². The highest BCUT2D eigenvalue weighted by atomic mass is 16.1. The van der Waals surface area contributed by atoms with Crippen molar-refractivity contribution in [1.82, 2.24) is 25.1 Å². The van der Waals surface area contributed by atoms with Gasteiger partial charge in [-0.1, -0.05) is 0 Å². The Kier molecular flexibility index (Phi) is 3.31. The average Bonchev–Trinajstić information content (AvgIpc) is 2.86. The second-order valence-corrected chi connectivity index (χ2v) is 4.07. The molecule has 0 unspecified atom stereocenters. The predicted octanol–water partition coefficient (Wildman–Crippen LogP) is 0.00632. The van der Waals surface area contributed by atoms with Gasteiger partial charge in [-0.05, 0) is 6.92 Å². The summed E-state index contributed by atoms with van der Waals surface area (Å²) in [5.74, 6) is 0.933. The number of rotatable bonds is 4. The number of anilines is 1. The molecule has 0 saturated heterocycles. The van der Waals surface area contributed by atoms with E-state index in [2.05, 4.69) is 20.5 Å². The van der Waals surface area contributed by atoms with E-state index in [1.807, 2.05) is 17.8 Å². The highest BCUT2D eigenvalue weighted by Gasteiger charge is 2.15. The van der Waals surface area contributed by atoms with Crippen LogP contribution in [-0.4, -0.2) is 32.2 Å². The molecule has 2 rings (SSSR count). The number of carbonyl (C=O) groups excluding carboxylic acids is 1. The molecular formula is C11H16N6O. The number of nitrogens with zero attached hydrogens (tertiary/aromatic N) is 3. The van der Waals surface area contributed by atoms with Crippen molar-refractivity contribution in [2.24, 2.45) is 7.05 Å². The van der Waals surface area contributed by atoms with Gasteiger partial charge in [0.1, 0.15) is 11.4 Å². The number of aromatic nitrogens is 4. The Balaban J connectivity index is 1.92. The summed E-state index contributed by atoms with van der Waals surface area (Å²) in [4.78, 5) is 16.1. The van der Waals surface area contributed by atoms with E-state index in [1.54, 1.807) is 13.1 Å². The summed E-state index contributed by atoms with van der Waals surface area (Å²) in [6.07, 6.45) is 4.27. The van der Waals surface area contributed by atoms with Crippen molar-refractivity contribution in [2.75, 3.05) is 12.3 Å². The molecule has 0 aliphatic rings. The molecule has 4 N–H and O–H groups in total. The molecule has 7 heteroatoms. The maximum atomic E-state index is 11.9. The number of hydrogen-bond acceptors (Lipinski definition) is 4. The van der Waals surface area contributed by atoms with Crippen molar-refractivity contribution < 1.29 is 4.79 Å². The van der Waals surface area contributed by atoms with Crippen LogP contribution in [-0.2, 0) is 13.5 Å². The average molecular weight is 248 g/mol. The fourth-order valence-corrected chi connectivity index (χ4v) is 1.75. The molecule has 0 aromatic carbocycles. The van der Waals surface area contributed by atoms with Crippen molar-refractivity contribution in [3.05, 3.63) is 29.5 Å². The molecule has 0 spiro atoms. The van der Waals surface area contributed by atoms with Gasteiger partial charge in [-0.3, -0.25) is 9.89 Å². The van der Waals surface area contributed by atoms with Crippen LogP contribution in [0.25, 0.3) is 0 Å². The Labute approximate surface area is 104 Å². The topological polar surface area (TPSA) is 102 Å². The zero-order valence-electron chi connectivity index (χ0n) is 10.4. The second-order valence-electron chi connectivity index (χ2n) is 4.07. The van der Waals surface area contributed by atoms with E-state index in [9.17, 15) is 4.79 Å². The van der Waals surface area contributed by atoms with E-state index in [-0.39, 0.29) is 11.7 Å². The summed E-state index contributed by atoms with van der Waals surface area (Å²) < 4.78 is 1.92. The molecular weight excluding hydrogens is 232 g/mol. The van der Waals surface area contributed by atoms with Gasteiger partial charge in [0.25, 0.3) is 5.91 Å². The lowest BCUT2D eigenvalue weighted by atomic mass is 10.2. The van der Waals surface area contributed by atoms with E-state index in [0.29, 0.717) is 24.2 Å². The SMILES string of the molecule is Cc1[nH]nc(N)c1C(=O)NCCc1nccn1C. The number of carbonyl (C=O) groups is 1. The number of nitrogens with two attached hydrogens (primary N) is 1. The van der Waals surface area contributed by atoms with Crippen molar-refractivity contribution in [1.29, 1.82) is 0 Å². The molecule has 1 amide bonds. The van der Waals surface area contributed by atoms with E-state index in [1.165, 1.54) is 0 Å².